The van der Waals surface area contributed by atoms with Gasteiger partial charge in [0.15, 0.2) is 0 Å². The van der Waals surface area contributed by atoms with Gasteiger partial charge in [0.1, 0.15) is 0 Å². The van der Waals surface area contributed by atoms with Gasteiger partial charge >= 0.3 is 0 Å². The monoisotopic (exact) mass is 392 g/mol. The number of aromatic nitrogens is 2. The minimum Gasteiger partial charge on any atom is -0.411 e. The molecule has 0 aliphatic carbocycles. The normalized spacial score (nSPS) is 12.1. The second kappa shape index (κ2) is 7.99. The lowest BCUT2D eigenvalue weighted by Crippen LogP contribution is -1.96. The highest BCUT2D eigenvalue weighted by atomic mass is 35.5. The summed E-state index contributed by atoms with van der Waals surface area (Å²) in [4.78, 5) is 0. The quantitative estimate of drug-likeness (QED) is 0.359. The van der Waals surface area contributed by atoms with Crippen molar-refractivity contribution < 1.29 is 4.42 Å². The molecule has 1 aromatic heterocycles. The van der Waals surface area contributed by atoms with E-state index in [0.29, 0.717) is 11.1 Å². The van der Waals surface area contributed by atoms with E-state index in [1.54, 1.807) is 0 Å². The summed E-state index contributed by atoms with van der Waals surface area (Å²) in [6.45, 7) is 2.04. The lowest BCUT2D eigenvalue weighted by molar-refractivity contribution is 0.465. The predicted octanol–water partition coefficient (Wildman–Crippen LogP) is 6.58. The van der Waals surface area contributed by atoms with E-state index >= 15 is 0 Å². The van der Waals surface area contributed by atoms with Gasteiger partial charge in [0.05, 0.1) is 5.25 Å². The first-order chi connectivity index (χ1) is 13.2. The minimum absolute atomic E-state index is 0.0364. The van der Waals surface area contributed by atoms with Crippen molar-refractivity contribution in [2.24, 2.45) is 0 Å². The van der Waals surface area contributed by atoms with Crippen molar-refractivity contribution in [1.29, 1.82) is 0 Å². The van der Waals surface area contributed by atoms with E-state index in [9.17, 15) is 0 Å². The van der Waals surface area contributed by atoms with E-state index in [-0.39, 0.29) is 5.25 Å². The van der Waals surface area contributed by atoms with Gasteiger partial charge < -0.3 is 4.42 Å². The molecule has 0 radical (unpaired) electrons. The Labute approximate surface area is 167 Å². The van der Waals surface area contributed by atoms with Crippen LogP contribution in [0.4, 0.5) is 0 Å². The average Bonchev–Trinajstić information content (AvgIpc) is 3.16. The molecule has 0 aliphatic heterocycles. The number of aryl methyl sites for hydroxylation is 1. The van der Waals surface area contributed by atoms with Crippen molar-refractivity contribution in [3.8, 4) is 11.5 Å². The van der Waals surface area contributed by atoms with Gasteiger partial charge in [0.2, 0.25) is 5.89 Å². The van der Waals surface area contributed by atoms with Crippen molar-refractivity contribution in [1.82, 2.24) is 10.2 Å². The van der Waals surface area contributed by atoms with Crippen molar-refractivity contribution in [2.75, 3.05) is 0 Å². The molecule has 0 amide bonds. The Morgan fingerprint density at radius 3 is 2.33 bits per heavy atom. The summed E-state index contributed by atoms with van der Waals surface area (Å²) in [5, 5.41) is 9.77. The fraction of sp³-hybridized carbons (Fsp3) is 0.0909. The largest absolute Gasteiger partial charge is 0.411 e. The van der Waals surface area contributed by atoms with Crippen LogP contribution >= 0.6 is 23.4 Å². The maximum atomic E-state index is 6.06. The third kappa shape index (κ3) is 4.24. The van der Waals surface area contributed by atoms with Crippen LogP contribution in [-0.4, -0.2) is 10.2 Å². The molecule has 0 fully saturated rings. The van der Waals surface area contributed by atoms with Gasteiger partial charge in [-0.2, -0.15) is 0 Å². The zero-order chi connectivity index (χ0) is 18.6. The minimum atomic E-state index is 0.0364. The molecule has 3 aromatic carbocycles. The van der Waals surface area contributed by atoms with E-state index < -0.39 is 0 Å². The Kier molecular flexibility index (Phi) is 5.28. The van der Waals surface area contributed by atoms with Gasteiger partial charge in [-0.3, -0.25) is 0 Å². The molecule has 4 rings (SSSR count). The van der Waals surface area contributed by atoms with Crippen LogP contribution in [-0.2, 0) is 0 Å². The third-order valence-corrected chi connectivity index (χ3v) is 5.56. The first-order valence-electron chi connectivity index (χ1n) is 8.57. The fourth-order valence-corrected chi connectivity index (χ4v) is 3.98. The second-order valence-corrected chi connectivity index (χ2v) is 7.70. The van der Waals surface area contributed by atoms with E-state index in [1.807, 2.05) is 73.7 Å². The molecule has 134 valence electrons. The standard InChI is InChI=1S/C22H17ClN2OS/c1-15-6-5-9-18(14-15)21-24-25-22(26-21)27-20(16-7-3-2-4-8-16)17-10-12-19(23)13-11-17/h2-14,20H,1H3/t20-/m1/s1. The summed E-state index contributed by atoms with van der Waals surface area (Å²) in [5.41, 5.74) is 4.38. The number of hydrogen-bond acceptors (Lipinski definition) is 4. The summed E-state index contributed by atoms with van der Waals surface area (Å²) < 4.78 is 5.94. The molecule has 0 saturated carbocycles. The highest BCUT2D eigenvalue weighted by Crippen LogP contribution is 2.40. The van der Waals surface area contributed by atoms with Crippen molar-refractivity contribution in [3.05, 3.63) is 101 Å². The number of rotatable bonds is 5. The summed E-state index contributed by atoms with van der Waals surface area (Å²) in [7, 11) is 0. The van der Waals surface area contributed by atoms with Gasteiger partial charge in [-0.25, -0.2) is 0 Å². The Bertz CT molecular complexity index is 1030. The topological polar surface area (TPSA) is 38.9 Å². The molecule has 5 heteroatoms. The van der Waals surface area contributed by atoms with Crippen LogP contribution in [0.25, 0.3) is 11.5 Å². The Morgan fingerprint density at radius 1 is 0.852 bits per heavy atom. The molecular weight excluding hydrogens is 376 g/mol. The number of hydrogen-bond donors (Lipinski definition) is 0. The number of halogens is 1. The van der Waals surface area contributed by atoms with Crippen molar-refractivity contribution in [2.45, 2.75) is 17.4 Å². The first kappa shape index (κ1) is 17.8. The lowest BCUT2D eigenvalue weighted by atomic mass is 10.0. The number of benzene rings is 3. The van der Waals surface area contributed by atoms with Crippen LogP contribution in [0.5, 0.6) is 0 Å². The molecule has 0 aliphatic rings. The molecule has 0 spiro atoms. The van der Waals surface area contributed by atoms with Crippen LogP contribution in [0.2, 0.25) is 5.02 Å². The predicted molar refractivity (Wildman–Crippen MR) is 110 cm³/mol. The summed E-state index contributed by atoms with van der Waals surface area (Å²) in [6, 6.07) is 26.2. The Hall–Kier alpha value is -2.56. The van der Waals surface area contributed by atoms with Gasteiger partial charge in [-0.05, 0) is 42.3 Å². The van der Waals surface area contributed by atoms with E-state index in [2.05, 4.69) is 22.3 Å². The smallest absolute Gasteiger partial charge is 0.277 e. The maximum Gasteiger partial charge on any atom is 0.277 e. The van der Waals surface area contributed by atoms with Gasteiger partial charge in [-0.15, -0.1) is 10.2 Å². The molecule has 3 nitrogen and oxygen atoms in total. The highest BCUT2D eigenvalue weighted by Gasteiger charge is 2.20. The van der Waals surface area contributed by atoms with Crippen LogP contribution in [0.15, 0.2) is 88.5 Å². The molecule has 0 unspecified atom stereocenters. The summed E-state index contributed by atoms with van der Waals surface area (Å²) in [6.07, 6.45) is 0. The number of thioether (sulfide) groups is 1. The average molecular weight is 393 g/mol. The summed E-state index contributed by atoms with van der Waals surface area (Å²) in [5.74, 6) is 0.532. The molecule has 0 N–H and O–H groups in total. The van der Waals surface area contributed by atoms with Gasteiger partial charge in [-0.1, -0.05) is 83.5 Å². The first-order valence-corrected chi connectivity index (χ1v) is 9.82. The SMILES string of the molecule is Cc1cccc(-c2nnc(S[C@H](c3ccccc3)c3ccc(Cl)cc3)o2)c1. The van der Waals surface area contributed by atoms with E-state index in [4.69, 9.17) is 16.0 Å². The molecule has 27 heavy (non-hydrogen) atoms. The second-order valence-electron chi connectivity index (χ2n) is 6.20. The number of nitrogens with zero attached hydrogens (tertiary/aromatic N) is 2. The van der Waals surface area contributed by atoms with E-state index in [0.717, 1.165) is 21.7 Å². The lowest BCUT2D eigenvalue weighted by Gasteiger charge is -2.15. The maximum absolute atomic E-state index is 6.06. The highest BCUT2D eigenvalue weighted by molar-refractivity contribution is 7.99. The zero-order valence-corrected chi connectivity index (χ0v) is 16.2. The van der Waals surface area contributed by atoms with Crippen LogP contribution in [0, 0.1) is 6.92 Å². The van der Waals surface area contributed by atoms with Crippen molar-refractivity contribution >= 4 is 23.4 Å². The van der Waals surface area contributed by atoms with Crippen molar-refractivity contribution in [3.63, 3.8) is 0 Å². The van der Waals surface area contributed by atoms with Gasteiger partial charge in [0.25, 0.3) is 5.22 Å². The molecule has 1 atom stereocenters. The van der Waals surface area contributed by atoms with Crippen LogP contribution in [0.3, 0.4) is 0 Å². The van der Waals surface area contributed by atoms with Crippen LogP contribution < -0.4 is 0 Å². The Balaban J connectivity index is 1.65. The zero-order valence-electron chi connectivity index (χ0n) is 14.7. The van der Waals surface area contributed by atoms with E-state index in [1.165, 1.54) is 17.3 Å². The molecule has 0 saturated heterocycles. The Morgan fingerprint density at radius 2 is 1.59 bits per heavy atom. The summed E-state index contributed by atoms with van der Waals surface area (Å²) >= 11 is 7.60. The van der Waals surface area contributed by atoms with Crippen LogP contribution in [0.1, 0.15) is 21.9 Å². The molecule has 4 aromatic rings. The third-order valence-electron chi connectivity index (χ3n) is 4.17. The van der Waals surface area contributed by atoms with Gasteiger partial charge in [0, 0.05) is 10.6 Å². The molecular formula is C22H17ClN2OS. The fourth-order valence-electron chi connectivity index (χ4n) is 2.85. The molecule has 1 heterocycles. The molecule has 0 bridgehead atoms.